The van der Waals surface area contributed by atoms with Crippen LogP contribution in [-0.4, -0.2) is 30.6 Å². The van der Waals surface area contributed by atoms with E-state index < -0.39 is 12.1 Å². The number of nitrogens with zero attached hydrogens (tertiary/aromatic N) is 1. The van der Waals surface area contributed by atoms with Gasteiger partial charge in [0.15, 0.2) is 0 Å². The lowest BCUT2D eigenvalue weighted by Crippen LogP contribution is -2.39. The number of amides is 1. The maximum absolute atomic E-state index is 12.6. The summed E-state index contributed by atoms with van der Waals surface area (Å²) in [5.74, 6) is -1.52. The number of carbonyl (C=O) groups is 1. The molecule has 1 amide bonds. The Morgan fingerprint density at radius 1 is 1.40 bits per heavy atom. The molecule has 0 aromatic rings. The summed E-state index contributed by atoms with van der Waals surface area (Å²) in [5.41, 5.74) is 0. The minimum absolute atomic E-state index is 0.134. The highest BCUT2D eigenvalue weighted by Crippen LogP contribution is 2.38. The van der Waals surface area contributed by atoms with Gasteiger partial charge in [0.1, 0.15) is 0 Å². The second-order valence-corrected chi connectivity index (χ2v) is 4.04. The highest BCUT2D eigenvalue weighted by atomic mass is 19.4. The zero-order chi connectivity index (χ0) is 11.5. The number of rotatable bonds is 3. The quantitative estimate of drug-likeness (QED) is 0.673. The van der Waals surface area contributed by atoms with Crippen molar-refractivity contribution < 1.29 is 18.0 Å². The zero-order valence-electron chi connectivity index (χ0n) is 8.76. The van der Waals surface area contributed by atoms with Crippen molar-refractivity contribution in [2.45, 2.75) is 32.4 Å². The van der Waals surface area contributed by atoms with Crippen LogP contribution in [0.15, 0.2) is 0 Å². The maximum Gasteiger partial charge on any atom is 0.392 e. The molecule has 0 spiro atoms. The van der Waals surface area contributed by atoms with Crippen molar-refractivity contribution in [1.82, 2.24) is 4.90 Å². The van der Waals surface area contributed by atoms with Gasteiger partial charge in [-0.05, 0) is 25.2 Å². The third-order valence-electron chi connectivity index (χ3n) is 3.15. The predicted molar refractivity (Wildman–Crippen MR) is 50.2 cm³/mol. The van der Waals surface area contributed by atoms with E-state index in [-0.39, 0.29) is 12.3 Å². The summed E-state index contributed by atoms with van der Waals surface area (Å²) in [7, 11) is 0. The second-order valence-electron chi connectivity index (χ2n) is 4.04. The molecule has 0 aliphatic carbocycles. The first kappa shape index (κ1) is 12.3. The Labute approximate surface area is 87.4 Å². The fourth-order valence-electron chi connectivity index (χ4n) is 2.26. The highest BCUT2D eigenvalue weighted by molar-refractivity contribution is 5.47. The van der Waals surface area contributed by atoms with Gasteiger partial charge in [0.05, 0.1) is 5.92 Å². The van der Waals surface area contributed by atoms with Crippen LogP contribution in [0.25, 0.3) is 0 Å². The Morgan fingerprint density at radius 2 is 1.93 bits per heavy atom. The van der Waals surface area contributed by atoms with E-state index in [9.17, 15) is 18.0 Å². The molecule has 1 rings (SSSR count). The van der Waals surface area contributed by atoms with Crippen LogP contribution in [0.1, 0.15) is 26.2 Å². The Morgan fingerprint density at radius 3 is 2.27 bits per heavy atom. The predicted octanol–water partition coefficient (Wildman–Crippen LogP) is 2.44. The molecule has 0 bridgehead atoms. The van der Waals surface area contributed by atoms with Crippen LogP contribution in [0, 0.1) is 11.8 Å². The number of piperidine rings is 1. The molecule has 1 heterocycles. The molecule has 0 N–H and O–H groups in total. The van der Waals surface area contributed by atoms with Crippen molar-refractivity contribution in [1.29, 1.82) is 0 Å². The third kappa shape index (κ3) is 3.11. The molecule has 0 saturated carbocycles. The fraction of sp³-hybridized carbons (Fsp3) is 0.900. The van der Waals surface area contributed by atoms with E-state index in [1.807, 2.05) is 0 Å². The van der Waals surface area contributed by atoms with Crippen LogP contribution in [0.2, 0.25) is 0 Å². The molecule has 1 aliphatic rings. The largest absolute Gasteiger partial charge is 0.392 e. The van der Waals surface area contributed by atoms with Gasteiger partial charge < -0.3 is 4.90 Å². The molecule has 1 unspecified atom stereocenters. The summed E-state index contributed by atoms with van der Waals surface area (Å²) in [4.78, 5) is 11.9. The first-order valence-corrected chi connectivity index (χ1v) is 5.25. The molecule has 88 valence electrons. The second kappa shape index (κ2) is 4.86. The zero-order valence-corrected chi connectivity index (χ0v) is 8.76. The third-order valence-corrected chi connectivity index (χ3v) is 3.15. The van der Waals surface area contributed by atoms with Crippen molar-refractivity contribution in [3.63, 3.8) is 0 Å². The fourth-order valence-corrected chi connectivity index (χ4v) is 2.26. The molecule has 0 aromatic carbocycles. The van der Waals surface area contributed by atoms with E-state index in [1.54, 1.807) is 11.8 Å². The molecule has 1 saturated heterocycles. The number of likely N-dealkylation sites (tertiary alicyclic amines) is 1. The van der Waals surface area contributed by atoms with Gasteiger partial charge in [-0.15, -0.1) is 0 Å². The lowest BCUT2D eigenvalue weighted by molar-refractivity contribution is -0.193. The van der Waals surface area contributed by atoms with Crippen molar-refractivity contribution >= 4 is 6.41 Å². The summed E-state index contributed by atoms with van der Waals surface area (Å²) >= 11 is 0. The van der Waals surface area contributed by atoms with Crippen LogP contribution >= 0.6 is 0 Å². The van der Waals surface area contributed by atoms with E-state index in [1.165, 1.54) is 0 Å². The molecule has 1 aliphatic heterocycles. The lowest BCUT2D eigenvalue weighted by atomic mass is 9.82. The minimum Gasteiger partial charge on any atom is -0.345 e. The van der Waals surface area contributed by atoms with Crippen LogP contribution in [0.4, 0.5) is 13.2 Å². The van der Waals surface area contributed by atoms with Gasteiger partial charge in [0, 0.05) is 13.1 Å². The molecule has 2 nitrogen and oxygen atoms in total. The Bertz CT molecular complexity index is 209. The Balaban J connectivity index is 2.54. The van der Waals surface area contributed by atoms with E-state index in [4.69, 9.17) is 0 Å². The maximum atomic E-state index is 12.6. The van der Waals surface area contributed by atoms with Gasteiger partial charge in [-0.25, -0.2) is 0 Å². The first-order valence-electron chi connectivity index (χ1n) is 5.25. The van der Waals surface area contributed by atoms with Crippen LogP contribution in [0.3, 0.4) is 0 Å². The highest BCUT2D eigenvalue weighted by Gasteiger charge is 2.43. The minimum atomic E-state index is -4.09. The van der Waals surface area contributed by atoms with Gasteiger partial charge in [-0.3, -0.25) is 4.79 Å². The normalized spacial score (nSPS) is 21.5. The van der Waals surface area contributed by atoms with Crippen molar-refractivity contribution in [2.24, 2.45) is 11.8 Å². The van der Waals surface area contributed by atoms with Crippen molar-refractivity contribution in [3.8, 4) is 0 Å². The smallest absolute Gasteiger partial charge is 0.345 e. The first-order chi connectivity index (χ1) is 6.99. The van der Waals surface area contributed by atoms with Crippen molar-refractivity contribution in [2.75, 3.05) is 13.1 Å². The van der Waals surface area contributed by atoms with E-state index in [0.29, 0.717) is 32.3 Å². The molecule has 0 aromatic heterocycles. The topological polar surface area (TPSA) is 20.3 Å². The molecule has 0 radical (unpaired) electrons. The number of carbonyl (C=O) groups excluding carboxylic acids is 1. The standard InChI is InChI=1S/C10H16F3NO/c1-2-9(10(11,12)13)8-3-5-14(7-15)6-4-8/h7-9H,2-6H2,1H3. The average Bonchev–Trinajstić information content (AvgIpc) is 2.18. The van der Waals surface area contributed by atoms with Gasteiger partial charge in [0.25, 0.3) is 0 Å². The van der Waals surface area contributed by atoms with E-state index in [0.717, 1.165) is 0 Å². The SMILES string of the molecule is CCC(C1CCN(C=O)CC1)C(F)(F)F. The Kier molecular flexibility index (Phi) is 3.99. The van der Waals surface area contributed by atoms with Crippen LogP contribution in [-0.2, 0) is 4.79 Å². The van der Waals surface area contributed by atoms with Gasteiger partial charge in [0.2, 0.25) is 6.41 Å². The average molecular weight is 223 g/mol. The lowest BCUT2D eigenvalue weighted by Gasteiger charge is -2.34. The van der Waals surface area contributed by atoms with Crippen LogP contribution in [0.5, 0.6) is 0 Å². The van der Waals surface area contributed by atoms with Gasteiger partial charge in [-0.2, -0.15) is 13.2 Å². The molecule has 1 fully saturated rings. The summed E-state index contributed by atoms with van der Waals surface area (Å²) in [5, 5.41) is 0. The van der Waals surface area contributed by atoms with Crippen molar-refractivity contribution in [3.05, 3.63) is 0 Å². The summed E-state index contributed by atoms with van der Waals surface area (Å²) in [6.45, 7) is 2.49. The number of hydrogen-bond donors (Lipinski definition) is 0. The summed E-state index contributed by atoms with van der Waals surface area (Å²) in [6.07, 6.45) is -2.31. The molecule has 5 heteroatoms. The van der Waals surface area contributed by atoms with E-state index in [2.05, 4.69) is 0 Å². The monoisotopic (exact) mass is 223 g/mol. The van der Waals surface area contributed by atoms with Gasteiger partial charge in [-0.1, -0.05) is 6.92 Å². The Hall–Kier alpha value is -0.740. The van der Waals surface area contributed by atoms with E-state index >= 15 is 0 Å². The van der Waals surface area contributed by atoms with Gasteiger partial charge >= 0.3 is 6.18 Å². The molecule has 1 atom stereocenters. The molecule has 15 heavy (non-hydrogen) atoms. The number of halogens is 3. The number of alkyl halides is 3. The summed E-state index contributed by atoms with van der Waals surface area (Å²) < 4.78 is 37.8. The molecular weight excluding hydrogens is 207 g/mol. The molecular formula is C10H16F3NO. The number of hydrogen-bond acceptors (Lipinski definition) is 1. The summed E-state index contributed by atoms with van der Waals surface area (Å²) in [6, 6.07) is 0. The van der Waals surface area contributed by atoms with Crippen LogP contribution < -0.4 is 0 Å².